The summed E-state index contributed by atoms with van der Waals surface area (Å²) >= 11 is 0. The summed E-state index contributed by atoms with van der Waals surface area (Å²) in [4.78, 5) is 47.3. The number of aromatic nitrogens is 5. The van der Waals surface area contributed by atoms with Crippen LogP contribution < -0.4 is 11.1 Å². The highest BCUT2D eigenvalue weighted by Gasteiger charge is 2.41. The molecule has 2 aliphatic heterocycles. The first-order valence-corrected chi connectivity index (χ1v) is 13.7. The van der Waals surface area contributed by atoms with Crippen molar-refractivity contribution in [1.82, 2.24) is 39.7 Å². The molecule has 0 spiro atoms. The second kappa shape index (κ2) is 11.5. The molecule has 2 aliphatic rings. The molecule has 3 unspecified atom stereocenters. The third-order valence-corrected chi connectivity index (χ3v) is 7.95. The average molecular weight is 536 g/mol. The molecular formula is C27H37N9O3. The Morgan fingerprint density at radius 2 is 1.97 bits per heavy atom. The van der Waals surface area contributed by atoms with Crippen LogP contribution in [0.1, 0.15) is 43.5 Å². The lowest BCUT2D eigenvalue weighted by atomic mass is 10.0. The predicted molar refractivity (Wildman–Crippen MR) is 144 cm³/mol. The van der Waals surface area contributed by atoms with Crippen LogP contribution in [-0.2, 0) is 41.4 Å². The minimum Gasteiger partial charge on any atom is -0.350 e. The first-order chi connectivity index (χ1) is 18.8. The van der Waals surface area contributed by atoms with E-state index < -0.39 is 12.1 Å². The number of nitrogens with one attached hydrogen (secondary N) is 1. The molecule has 5 rings (SSSR count). The molecular weight excluding hydrogens is 498 g/mol. The average Bonchev–Trinajstić information content (AvgIpc) is 3.74. The molecule has 3 atom stereocenters. The van der Waals surface area contributed by atoms with Gasteiger partial charge in [0, 0.05) is 65.5 Å². The van der Waals surface area contributed by atoms with Crippen LogP contribution in [-0.4, -0.2) is 83.8 Å². The van der Waals surface area contributed by atoms with Crippen LogP contribution in [0, 0.1) is 5.92 Å². The molecule has 3 aromatic rings. The summed E-state index contributed by atoms with van der Waals surface area (Å²) in [6, 6.07) is 4.28. The molecule has 3 N–H and O–H groups in total. The molecule has 12 heteroatoms. The van der Waals surface area contributed by atoms with Crippen LogP contribution in [0.25, 0.3) is 11.0 Å². The lowest BCUT2D eigenvalue weighted by Gasteiger charge is -2.27. The zero-order chi connectivity index (χ0) is 27.5. The molecule has 208 valence electrons. The van der Waals surface area contributed by atoms with Crippen molar-refractivity contribution in [2.75, 3.05) is 19.6 Å². The fourth-order valence-electron chi connectivity index (χ4n) is 5.66. The topological polar surface area (TPSA) is 144 Å². The highest BCUT2D eigenvalue weighted by Crippen LogP contribution is 2.27. The fraction of sp³-hybridized carbons (Fsp3) is 0.556. The maximum atomic E-state index is 13.5. The highest BCUT2D eigenvalue weighted by atomic mass is 16.2. The zero-order valence-electron chi connectivity index (χ0n) is 22.6. The second-order valence-electron chi connectivity index (χ2n) is 10.8. The Balaban J connectivity index is 1.24. The van der Waals surface area contributed by atoms with Crippen LogP contribution in [0.3, 0.4) is 0 Å². The number of nitrogens with zero attached hydrogens (tertiary/aromatic N) is 7. The molecule has 0 saturated carbocycles. The Morgan fingerprint density at radius 1 is 1.18 bits per heavy atom. The summed E-state index contributed by atoms with van der Waals surface area (Å²) in [6.45, 7) is 2.28. The van der Waals surface area contributed by atoms with Gasteiger partial charge in [-0.05, 0) is 49.3 Å². The van der Waals surface area contributed by atoms with E-state index in [0.29, 0.717) is 25.9 Å². The maximum absolute atomic E-state index is 13.5. The summed E-state index contributed by atoms with van der Waals surface area (Å²) in [5.41, 5.74) is 8.87. The molecule has 0 radical (unpaired) electrons. The van der Waals surface area contributed by atoms with E-state index >= 15 is 0 Å². The van der Waals surface area contributed by atoms with E-state index in [9.17, 15) is 14.4 Å². The van der Waals surface area contributed by atoms with Crippen LogP contribution >= 0.6 is 0 Å². The van der Waals surface area contributed by atoms with E-state index in [1.807, 2.05) is 48.0 Å². The SMILES string of the molecule is Cn1ccnc1CC1CC(C(=O)NCc2ccc3c(c2)nnn3C)N(C(=O)C(N)CCC(=O)N2CCCC2)C1. The summed E-state index contributed by atoms with van der Waals surface area (Å²) in [5.74, 6) is 0.517. The largest absolute Gasteiger partial charge is 0.350 e. The summed E-state index contributed by atoms with van der Waals surface area (Å²) < 4.78 is 3.65. The Kier molecular flexibility index (Phi) is 7.92. The summed E-state index contributed by atoms with van der Waals surface area (Å²) in [6.07, 6.45) is 7.35. The zero-order valence-corrected chi connectivity index (χ0v) is 22.6. The Labute approximate surface area is 227 Å². The third-order valence-electron chi connectivity index (χ3n) is 7.95. The number of imidazole rings is 1. The second-order valence-corrected chi connectivity index (χ2v) is 10.8. The van der Waals surface area contributed by atoms with Crippen LogP contribution in [0.4, 0.5) is 0 Å². The molecule has 0 aliphatic carbocycles. The van der Waals surface area contributed by atoms with Crippen molar-refractivity contribution in [3.63, 3.8) is 0 Å². The quantitative estimate of drug-likeness (QED) is 0.406. The molecule has 2 fully saturated rings. The number of benzene rings is 1. The van der Waals surface area contributed by atoms with Gasteiger partial charge in [-0.1, -0.05) is 11.3 Å². The number of hydrogen-bond donors (Lipinski definition) is 2. The predicted octanol–water partition coefficient (Wildman–Crippen LogP) is 0.508. The van der Waals surface area contributed by atoms with Crippen molar-refractivity contribution < 1.29 is 14.4 Å². The number of carbonyl (C=O) groups excluding carboxylic acids is 3. The molecule has 4 heterocycles. The molecule has 2 aromatic heterocycles. The van der Waals surface area contributed by atoms with Crippen molar-refractivity contribution in [2.24, 2.45) is 25.7 Å². The van der Waals surface area contributed by atoms with Gasteiger partial charge in [-0.25, -0.2) is 9.67 Å². The van der Waals surface area contributed by atoms with Gasteiger partial charge in [0.1, 0.15) is 17.4 Å². The molecule has 39 heavy (non-hydrogen) atoms. The van der Waals surface area contributed by atoms with E-state index in [2.05, 4.69) is 20.6 Å². The Hall–Kier alpha value is -3.80. The van der Waals surface area contributed by atoms with Gasteiger partial charge >= 0.3 is 0 Å². The summed E-state index contributed by atoms with van der Waals surface area (Å²) in [5, 5.41) is 11.2. The van der Waals surface area contributed by atoms with Crippen molar-refractivity contribution in [3.05, 3.63) is 42.0 Å². The lowest BCUT2D eigenvalue weighted by Crippen LogP contribution is -2.51. The minimum absolute atomic E-state index is 0.0409. The fourth-order valence-corrected chi connectivity index (χ4v) is 5.66. The number of rotatable bonds is 9. The maximum Gasteiger partial charge on any atom is 0.243 e. The van der Waals surface area contributed by atoms with Crippen molar-refractivity contribution in [3.8, 4) is 0 Å². The normalized spacial score (nSPS) is 20.1. The van der Waals surface area contributed by atoms with Crippen molar-refractivity contribution >= 4 is 28.8 Å². The smallest absolute Gasteiger partial charge is 0.243 e. The summed E-state index contributed by atoms with van der Waals surface area (Å²) in [7, 11) is 3.77. The number of aryl methyl sites for hydroxylation is 2. The van der Waals surface area contributed by atoms with Gasteiger partial charge in [0.25, 0.3) is 0 Å². The monoisotopic (exact) mass is 535 g/mol. The number of fused-ring (bicyclic) bond motifs is 1. The van der Waals surface area contributed by atoms with E-state index in [0.717, 1.165) is 48.4 Å². The standard InChI is InChI=1S/C27H37N9O3/c1-33-12-9-29-24(33)15-19-14-23(26(38)30-16-18-5-7-22-21(13-18)31-32-34(22)2)36(17-19)27(39)20(28)6-8-25(37)35-10-3-4-11-35/h5,7,9,12-13,19-20,23H,3-4,6,8,10-11,14-17,28H2,1-2H3,(H,30,38). The van der Waals surface area contributed by atoms with Gasteiger partial charge in [0.2, 0.25) is 17.7 Å². The Morgan fingerprint density at radius 3 is 2.72 bits per heavy atom. The number of amides is 3. The van der Waals surface area contributed by atoms with E-state index in [1.165, 1.54) is 0 Å². The molecule has 1 aromatic carbocycles. The van der Waals surface area contributed by atoms with Crippen molar-refractivity contribution in [2.45, 2.75) is 57.2 Å². The van der Waals surface area contributed by atoms with E-state index in [4.69, 9.17) is 5.73 Å². The highest BCUT2D eigenvalue weighted by molar-refractivity contribution is 5.90. The number of likely N-dealkylation sites (tertiary alicyclic amines) is 2. The Bertz CT molecular complexity index is 1340. The number of carbonyl (C=O) groups is 3. The van der Waals surface area contributed by atoms with Crippen LogP contribution in [0.15, 0.2) is 30.6 Å². The van der Waals surface area contributed by atoms with Gasteiger partial charge in [-0.2, -0.15) is 0 Å². The van der Waals surface area contributed by atoms with E-state index in [-0.39, 0.29) is 36.5 Å². The molecule has 3 amide bonds. The molecule has 12 nitrogen and oxygen atoms in total. The molecule has 0 bridgehead atoms. The van der Waals surface area contributed by atoms with Crippen molar-refractivity contribution in [1.29, 1.82) is 0 Å². The van der Waals surface area contributed by atoms with E-state index in [1.54, 1.807) is 15.8 Å². The lowest BCUT2D eigenvalue weighted by molar-refractivity contribution is -0.140. The van der Waals surface area contributed by atoms with Gasteiger partial charge in [-0.15, -0.1) is 5.10 Å². The first kappa shape index (κ1) is 26.8. The van der Waals surface area contributed by atoms with Crippen LogP contribution in [0.2, 0.25) is 0 Å². The third kappa shape index (κ3) is 5.95. The number of nitrogens with two attached hydrogens (primary N) is 1. The number of hydrogen-bond acceptors (Lipinski definition) is 7. The first-order valence-electron chi connectivity index (χ1n) is 13.7. The van der Waals surface area contributed by atoms with Gasteiger partial charge in [0.05, 0.1) is 11.6 Å². The van der Waals surface area contributed by atoms with Gasteiger partial charge < -0.3 is 25.4 Å². The van der Waals surface area contributed by atoms with Gasteiger partial charge in [0.15, 0.2) is 0 Å². The minimum atomic E-state index is -0.835. The molecule has 2 saturated heterocycles. The van der Waals surface area contributed by atoms with Crippen LogP contribution in [0.5, 0.6) is 0 Å². The van der Waals surface area contributed by atoms with Gasteiger partial charge in [-0.3, -0.25) is 14.4 Å².